The Morgan fingerprint density at radius 1 is 1.12 bits per heavy atom. The van der Waals surface area contributed by atoms with Crippen LogP contribution in [0.2, 0.25) is 0 Å². The van der Waals surface area contributed by atoms with E-state index in [9.17, 15) is 14.0 Å². The van der Waals surface area contributed by atoms with Crippen LogP contribution in [0.4, 0.5) is 9.18 Å². The zero-order chi connectivity index (χ0) is 18.7. The smallest absolute Gasteiger partial charge is 0.409 e. The first-order valence-corrected chi connectivity index (χ1v) is 8.40. The maximum absolute atomic E-state index is 13.1. The van der Waals surface area contributed by atoms with Crippen LogP contribution in [0.5, 0.6) is 0 Å². The summed E-state index contributed by atoms with van der Waals surface area (Å²) in [5.41, 5.74) is 0.627. The lowest BCUT2D eigenvalue weighted by molar-refractivity contribution is 0.0561. The minimum Gasteiger partial charge on any atom is -0.450 e. The molecule has 2 aromatic rings. The molecular formula is C17H20FN5O3. The van der Waals surface area contributed by atoms with Crippen LogP contribution < -0.4 is 0 Å². The summed E-state index contributed by atoms with van der Waals surface area (Å²) in [5.74, 6) is -0.0266. The molecule has 0 atom stereocenters. The van der Waals surface area contributed by atoms with E-state index >= 15 is 0 Å². The Bertz CT molecular complexity index is 797. The largest absolute Gasteiger partial charge is 0.450 e. The maximum Gasteiger partial charge on any atom is 0.409 e. The first-order chi connectivity index (χ1) is 12.5. The number of piperazine rings is 1. The van der Waals surface area contributed by atoms with Gasteiger partial charge in [-0.25, -0.2) is 18.9 Å². The number of rotatable bonds is 3. The van der Waals surface area contributed by atoms with E-state index in [0.717, 1.165) is 0 Å². The van der Waals surface area contributed by atoms with Crippen LogP contribution in [-0.2, 0) is 4.74 Å². The van der Waals surface area contributed by atoms with Gasteiger partial charge in [-0.1, -0.05) is 0 Å². The summed E-state index contributed by atoms with van der Waals surface area (Å²) in [6.07, 6.45) is -0.367. The van der Waals surface area contributed by atoms with Crippen molar-refractivity contribution in [1.29, 1.82) is 0 Å². The summed E-state index contributed by atoms with van der Waals surface area (Å²) < 4.78 is 19.5. The van der Waals surface area contributed by atoms with Crippen LogP contribution in [0.25, 0.3) is 5.69 Å². The van der Waals surface area contributed by atoms with Crippen molar-refractivity contribution in [3.05, 3.63) is 41.7 Å². The number of aromatic nitrogens is 3. The molecule has 1 aromatic carbocycles. The summed E-state index contributed by atoms with van der Waals surface area (Å²) in [5, 5.41) is 4.26. The summed E-state index contributed by atoms with van der Waals surface area (Å²) in [4.78, 5) is 31.8. The molecule has 8 nitrogen and oxygen atoms in total. The quantitative estimate of drug-likeness (QED) is 0.830. The molecule has 138 valence electrons. The van der Waals surface area contributed by atoms with Gasteiger partial charge < -0.3 is 14.5 Å². The number of benzene rings is 1. The minimum absolute atomic E-state index is 0.0800. The molecule has 2 amide bonds. The molecule has 9 heteroatoms. The van der Waals surface area contributed by atoms with Gasteiger partial charge in [-0.3, -0.25) is 4.79 Å². The standard InChI is InChI=1S/C17H20FN5O3/c1-3-26-17(25)22-10-8-21(9-11-22)16(24)15-19-12(2)23(20-15)14-6-4-13(18)5-7-14/h4-7H,3,8-11H2,1-2H3. The van der Waals surface area contributed by atoms with Crippen molar-refractivity contribution in [2.75, 3.05) is 32.8 Å². The fourth-order valence-corrected chi connectivity index (χ4v) is 2.76. The van der Waals surface area contributed by atoms with Crippen LogP contribution in [0.15, 0.2) is 24.3 Å². The lowest BCUT2D eigenvalue weighted by atomic mass is 10.3. The van der Waals surface area contributed by atoms with Gasteiger partial charge in [-0.15, -0.1) is 5.10 Å². The number of nitrogens with zero attached hydrogens (tertiary/aromatic N) is 5. The van der Waals surface area contributed by atoms with Gasteiger partial charge in [0.05, 0.1) is 12.3 Å². The predicted molar refractivity (Wildman–Crippen MR) is 90.6 cm³/mol. The average Bonchev–Trinajstić information content (AvgIpc) is 3.04. The van der Waals surface area contributed by atoms with Crippen molar-refractivity contribution >= 4 is 12.0 Å². The summed E-state index contributed by atoms with van der Waals surface area (Å²) in [6, 6.07) is 5.80. The van der Waals surface area contributed by atoms with Gasteiger partial charge in [0, 0.05) is 26.2 Å². The summed E-state index contributed by atoms with van der Waals surface area (Å²) in [6.45, 7) is 5.39. The van der Waals surface area contributed by atoms with E-state index < -0.39 is 0 Å². The van der Waals surface area contributed by atoms with Crippen molar-refractivity contribution in [2.45, 2.75) is 13.8 Å². The molecule has 3 rings (SSSR count). The van der Waals surface area contributed by atoms with E-state index in [-0.39, 0.29) is 23.6 Å². The fraction of sp³-hybridized carbons (Fsp3) is 0.412. The fourth-order valence-electron chi connectivity index (χ4n) is 2.76. The van der Waals surface area contributed by atoms with E-state index in [1.165, 1.54) is 16.8 Å². The van der Waals surface area contributed by atoms with Gasteiger partial charge in [-0.05, 0) is 38.1 Å². The Morgan fingerprint density at radius 3 is 2.35 bits per heavy atom. The van der Waals surface area contributed by atoms with Crippen molar-refractivity contribution in [2.24, 2.45) is 0 Å². The van der Waals surface area contributed by atoms with Crippen LogP contribution in [0, 0.1) is 12.7 Å². The van der Waals surface area contributed by atoms with E-state index in [0.29, 0.717) is 44.3 Å². The van der Waals surface area contributed by atoms with Gasteiger partial charge in [0.1, 0.15) is 11.6 Å². The zero-order valence-electron chi connectivity index (χ0n) is 14.7. The Labute approximate surface area is 150 Å². The second kappa shape index (κ2) is 7.51. The first-order valence-electron chi connectivity index (χ1n) is 8.40. The normalized spacial score (nSPS) is 14.4. The van der Waals surface area contributed by atoms with Gasteiger partial charge in [-0.2, -0.15) is 0 Å². The van der Waals surface area contributed by atoms with Crippen LogP contribution >= 0.6 is 0 Å². The molecular weight excluding hydrogens is 341 g/mol. The van der Waals surface area contributed by atoms with Crippen molar-refractivity contribution in [3.8, 4) is 5.69 Å². The van der Waals surface area contributed by atoms with E-state index in [1.54, 1.807) is 35.8 Å². The number of hydrogen-bond acceptors (Lipinski definition) is 5. The van der Waals surface area contributed by atoms with E-state index in [1.807, 2.05) is 0 Å². The molecule has 1 aliphatic heterocycles. The molecule has 2 heterocycles. The Balaban J connectivity index is 1.69. The van der Waals surface area contributed by atoms with E-state index in [2.05, 4.69) is 10.1 Å². The molecule has 1 aliphatic rings. The Morgan fingerprint density at radius 2 is 1.73 bits per heavy atom. The van der Waals surface area contributed by atoms with Crippen molar-refractivity contribution in [1.82, 2.24) is 24.6 Å². The highest BCUT2D eigenvalue weighted by molar-refractivity contribution is 5.90. The molecule has 0 saturated carbocycles. The Hall–Kier alpha value is -2.97. The molecule has 26 heavy (non-hydrogen) atoms. The number of halogens is 1. The van der Waals surface area contributed by atoms with Crippen molar-refractivity contribution < 1.29 is 18.7 Å². The third kappa shape index (κ3) is 3.66. The lowest BCUT2D eigenvalue weighted by Crippen LogP contribution is -2.51. The van der Waals surface area contributed by atoms with E-state index in [4.69, 9.17) is 4.74 Å². The Kier molecular flexibility index (Phi) is 5.15. The molecule has 0 spiro atoms. The lowest BCUT2D eigenvalue weighted by Gasteiger charge is -2.33. The third-order valence-corrected chi connectivity index (χ3v) is 4.12. The summed E-state index contributed by atoms with van der Waals surface area (Å²) in [7, 11) is 0. The highest BCUT2D eigenvalue weighted by atomic mass is 19.1. The molecule has 1 fully saturated rings. The third-order valence-electron chi connectivity index (χ3n) is 4.12. The van der Waals surface area contributed by atoms with Gasteiger partial charge >= 0.3 is 6.09 Å². The van der Waals surface area contributed by atoms with Crippen LogP contribution in [-0.4, -0.2) is 69.4 Å². The number of aryl methyl sites for hydroxylation is 1. The molecule has 0 unspecified atom stereocenters. The van der Waals surface area contributed by atoms with Crippen LogP contribution in [0.1, 0.15) is 23.4 Å². The van der Waals surface area contributed by atoms with Gasteiger partial charge in [0.2, 0.25) is 5.82 Å². The topological polar surface area (TPSA) is 80.6 Å². The summed E-state index contributed by atoms with van der Waals surface area (Å²) >= 11 is 0. The predicted octanol–water partition coefficient (Wildman–Crippen LogP) is 1.63. The highest BCUT2D eigenvalue weighted by Crippen LogP contribution is 2.13. The van der Waals surface area contributed by atoms with Crippen LogP contribution in [0.3, 0.4) is 0 Å². The zero-order valence-corrected chi connectivity index (χ0v) is 14.7. The monoisotopic (exact) mass is 361 g/mol. The average molecular weight is 361 g/mol. The number of carbonyl (C=O) groups is 2. The maximum atomic E-state index is 13.1. The molecule has 0 aliphatic carbocycles. The van der Waals surface area contributed by atoms with Gasteiger partial charge in [0.15, 0.2) is 0 Å². The molecule has 0 bridgehead atoms. The molecule has 0 radical (unpaired) electrons. The molecule has 1 saturated heterocycles. The van der Waals surface area contributed by atoms with Crippen molar-refractivity contribution in [3.63, 3.8) is 0 Å². The number of ether oxygens (including phenoxy) is 1. The molecule has 0 N–H and O–H groups in total. The highest BCUT2D eigenvalue weighted by Gasteiger charge is 2.28. The first kappa shape index (κ1) is 17.8. The SMILES string of the molecule is CCOC(=O)N1CCN(C(=O)c2nc(C)n(-c3ccc(F)cc3)n2)CC1. The number of carbonyl (C=O) groups excluding carboxylic acids is 2. The van der Waals surface area contributed by atoms with Gasteiger partial charge in [0.25, 0.3) is 5.91 Å². The minimum atomic E-state index is -0.367. The number of amides is 2. The second-order valence-electron chi connectivity index (χ2n) is 5.85. The molecule has 1 aromatic heterocycles. The second-order valence-corrected chi connectivity index (χ2v) is 5.85. The number of hydrogen-bond donors (Lipinski definition) is 0.